The van der Waals surface area contributed by atoms with E-state index >= 15 is 0 Å². The van der Waals surface area contributed by atoms with Crippen molar-refractivity contribution in [3.05, 3.63) is 58.0 Å². The van der Waals surface area contributed by atoms with Gasteiger partial charge in [0.1, 0.15) is 0 Å². The van der Waals surface area contributed by atoms with Crippen LogP contribution in [0.1, 0.15) is 0 Å². The van der Waals surface area contributed by atoms with E-state index in [0.29, 0.717) is 0 Å². The summed E-state index contributed by atoms with van der Waals surface area (Å²) in [4.78, 5) is 1.27. The fourth-order valence-electron chi connectivity index (χ4n) is 1.77. The molecule has 3 heteroatoms. The summed E-state index contributed by atoms with van der Waals surface area (Å²) in [5.74, 6) is 0. The minimum absolute atomic E-state index is 0.776. The lowest BCUT2D eigenvalue weighted by Crippen LogP contribution is -1.70. The Bertz CT molecular complexity index is 670. The van der Waals surface area contributed by atoms with Gasteiger partial charge in [0.25, 0.3) is 0 Å². The maximum Gasteiger partial charge on any atom is 0.0406 e. The fourth-order valence-corrected chi connectivity index (χ4v) is 3.32. The highest BCUT2D eigenvalue weighted by molar-refractivity contribution is 9.10. The summed E-state index contributed by atoms with van der Waals surface area (Å²) in [5.41, 5.74) is 1.21. The molecule has 3 rings (SSSR count). The zero-order chi connectivity index (χ0) is 11.8. The normalized spacial score (nSPS) is 10.9. The van der Waals surface area contributed by atoms with Crippen molar-refractivity contribution in [3.8, 4) is 10.4 Å². The minimum atomic E-state index is 0.776. The zero-order valence-corrected chi connectivity index (χ0v) is 11.9. The Kier molecular flexibility index (Phi) is 2.95. The molecular formula is C14H8BrClS. The second-order valence-electron chi connectivity index (χ2n) is 3.80. The molecule has 0 aliphatic rings. The largest absolute Gasteiger partial charge is 0.135 e. The molecule has 0 saturated carbocycles. The highest BCUT2D eigenvalue weighted by atomic mass is 79.9. The quantitative estimate of drug-likeness (QED) is 0.516. The SMILES string of the molecule is Clc1ccc(-c2cc3cc(Br)ccc3s2)cc1. The molecule has 0 radical (unpaired) electrons. The van der Waals surface area contributed by atoms with Gasteiger partial charge in [-0.2, -0.15) is 0 Å². The molecule has 0 nitrogen and oxygen atoms in total. The van der Waals surface area contributed by atoms with Gasteiger partial charge in [0.2, 0.25) is 0 Å². The molecule has 1 heterocycles. The van der Waals surface area contributed by atoms with Gasteiger partial charge in [-0.15, -0.1) is 11.3 Å². The van der Waals surface area contributed by atoms with Gasteiger partial charge in [-0.1, -0.05) is 39.7 Å². The van der Waals surface area contributed by atoms with Crippen molar-refractivity contribution in [1.29, 1.82) is 0 Å². The number of rotatable bonds is 1. The Morgan fingerprint density at radius 2 is 1.71 bits per heavy atom. The van der Waals surface area contributed by atoms with E-state index < -0.39 is 0 Å². The topological polar surface area (TPSA) is 0 Å². The van der Waals surface area contributed by atoms with E-state index in [2.05, 4.69) is 52.3 Å². The van der Waals surface area contributed by atoms with Crippen LogP contribution in [-0.2, 0) is 0 Å². The second kappa shape index (κ2) is 4.45. The van der Waals surface area contributed by atoms with E-state index in [9.17, 15) is 0 Å². The zero-order valence-electron chi connectivity index (χ0n) is 8.78. The maximum atomic E-state index is 5.90. The second-order valence-corrected chi connectivity index (χ2v) is 6.24. The lowest BCUT2D eigenvalue weighted by molar-refractivity contribution is 1.70. The van der Waals surface area contributed by atoms with Gasteiger partial charge >= 0.3 is 0 Å². The highest BCUT2D eigenvalue weighted by Crippen LogP contribution is 2.35. The molecule has 0 unspecified atom stereocenters. The van der Waals surface area contributed by atoms with Crippen LogP contribution in [0.5, 0.6) is 0 Å². The predicted molar refractivity (Wildman–Crippen MR) is 80.0 cm³/mol. The van der Waals surface area contributed by atoms with E-state index in [1.165, 1.54) is 20.5 Å². The highest BCUT2D eigenvalue weighted by Gasteiger charge is 2.04. The van der Waals surface area contributed by atoms with Gasteiger partial charge in [-0.25, -0.2) is 0 Å². The lowest BCUT2D eigenvalue weighted by Gasteiger charge is -1.95. The number of hydrogen-bond donors (Lipinski definition) is 0. The van der Waals surface area contributed by atoms with E-state index in [1.54, 1.807) is 11.3 Å². The smallest absolute Gasteiger partial charge is 0.0406 e. The molecule has 0 aliphatic heterocycles. The number of hydrogen-bond acceptors (Lipinski definition) is 1. The van der Waals surface area contributed by atoms with Crippen LogP contribution in [0, 0.1) is 0 Å². The number of thiophene rings is 1. The maximum absolute atomic E-state index is 5.90. The Morgan fingerprint density at radius 1 is 0.941 bits per heavy atom. The van der Waals surface area contributed by atoms with Crippen molar-refractivity contribution >= 4 is 49.0 Å². The average Bonchev–Trinajstić information content (AvgIpc) is 2.72. The Morgan fingerprint density at radius 3 is 2.47 bits per heavy atom. The van der Waals surface area contributed by atoms with Crippen LogP contribution >= 0.6 is 38.9 Å². The third-order valence-electron chi connectivity index (χ3n) is 2.61. The van der Waals surface area contributed by atoms with E-state index in [0.717, 1.165) is 9.50 Å². The summed E-state index contributed by atoms with van der Waals surface area (Å²) >= 11 is 11.2. The third-order valence-corrected chi connectivity index (χ3v) is 4.52. The van der Waals surface area contributed by atoms with Gasteiger partial charge in [-0.3, -0.25) is 0 Å². The van der Waals surface area contributed by atoms with Crippen LogP contribution in [0.3, 0.4) is 0 Å². The van der Waals surface area contributed by atoms with Crippen LogP contribution < -0.4 is 0 Å². The van der Waals surface area contributed by atoms with Crippen LogP contribution in [0.4, 0.5) is 0 Å². The summed E-state index contributed by atoms with van der Waals surface area (Å²) in [5, 5.41) is 2.05. The standard InChI is InChI=1S/C14H8BrClS/c15-11-3-6-13-10(7-11)8-14(17-13)9-1-4-12(16)5-2-9/h1-8H. The number of halogens is 2. The molecule has 0 bridgehead atoms. The predicted octanol–water partition coefficient (Wildman–Crippen LogP) is 5.98. The van der Waals surface area contributed by atoms with Crippen molar-refractivity contribution in [2.24, 2.45) is 0 Å². The van der Waals surface area contributed by atoms with Crippen LogP contribution in [0.15, 0.2) is 53.0 Å². The molecule has 2 aromatic carbocycles. The third kappa shape index (κ3) is 2.25. The molecule has 0 amide bonds. The molecule has 0 aliphatic carbocycles. The van der Waals surface area contributed by atoms with Crippen LogP contribution in [-0.4, -0.2) is 0 Å². The Labute approximate surface area is 117 Å². The monoisotopic (exact) mass is 322 g/mol. The van der Waals surface area contributed by atoms with Crippen molar-refractivity contribution < 1.29 is 0 Å². The average molecular weight is 324 g/mol. The van der Waals surface area contributed by atoms with E-state index in [-0.39, 0.29) is 0 Å². The van der Waals surface area contributed by atoms with Crippen molar-refractivity contribution in [2.45, 2.75) is 0 Å². The van der Waals surface area contributed by atoms with Crippen molar-refractivity contribution in [2.75, 3.05) is 0 Å². The summed E-state index contributed by atoms with van der Waals surface area (Å²) in [6.45, 7) is 0. The summed E-state index contributed by atoms with van der Waals surface area (Å²) in [6.07, 6.45) is 0. The molecule has 17 heavy (non-hydrogen) atoms. The molecule has 0 spiro atoms. The Balaban J connectivity index is 2.14. The Hall–Kier alpha value is -0.830. The summed E-state index contributed by atoms with van der Waals surface area (Å²) < 4.78 is 2.42. The van der Waals surface area contributed by atoms with Gasteiger partial charge in [0.05, 0.1) is 0 Å². The molecule has 3 aromatic rings. The molecule has 0 fully saturated rings. The molecule has 1 aromatic heterocycles. The van der Waals surface area contributed by atoms with Crippen molar-refractivity contribution in [3.63, 3.8) is 0 Å². The van der Waals surface area contributed by atoms with E-state index in [4.69, 9.17) is 11.6 Å². The van der Waals surface area contributed by atoms with Crippen LogP contribution in [0.25, 0.3) is 20.5 Å². The number of benzene rings is 2. The van der Waals surface area contributed by atoms with Crippen LogP contribution in [0.2, 0.25) is 5.02 Å². The van der Waals surface area contributed by atoms with Gasteiger partial charge in [-0.05, 0) is 47.3 Å². The van der Waals surface area contributed by atoms with Crippen molar-refractivity contribution in [1.82, 2.24) is 0 Å². The first-order chi connectivity index (χ1) is 8.22. The van der Waals surface area contributed by atoms with Gasteiger partial charge < -0.3 is 0 Å². The molecular weight excluding hydrogens is 316 g/mol. The molecule has 0 atom stereocenters. The van der Waals surface area contributed by atoms with E-state index in [1.807, 2.05) is 12.1 Å². The minimum Gasteiger partial charge on any atom is -0.135 e. The first-order valence-corrected chi connectivity index (χ1v) is 7.16. The molecule has 0 N–H and O–H groups in total. The number of fused-ring (bicyclic) bond motifs is 1. The lowest BCUT2D eigenvalue weighted by atomic mass is 10.1. The summed E-state index contributed by atoms with van der Waals surface area (Å²) in [6, 6.07) is 16.5. The first-order valence-electron chi connectivity index (χ1n) is 5.17. The van der Waals surface area contributed by atoms with Gasteiger partial charge in [0, 0.05) is 19.1 Å². The fraction of sp³-hybridized carbons (Fsp3) is 0. The summed E-state index contributed by atoms with van der Waals surface area (Å²) in [7, 11) is 0. The van der Waals surface area contributed by atoms with Gasteiger partial charge in [0.15, 0.2) is 0 Å². The molecule has 0 saturated heterocycles. The molecule has 84 valence electrons. The first kappa shape index (κ1) is 11.3.